The Hall–Kier alpha value is -0.570. The van der Waals surface area contributed by atoms with Gasteiger partial charge in [0.05, 0.1) is 6.10 Å². The fourth-order valence-electron chi connectivity index (χ4n) is 3.25. The van der Waals surface area contributed by atoms with Crippen LogP contribution in [0.1, 0.15) is 38.7 Å². The van der Waals surface area contributed by atoms with Gasteiger partial charge in [0.1, 0.15) is 0 Å². The number of rotatable bonds is 5. The summed E-state index contributed by atoms with van der Waals surface area (Å²) in [4.78, 5) is 0. The quantitative estimate of drug-likeness (QED) is 0.854. The van der Waals surface area contributed by atoms with Gasteiger partial charge in [-0.1, -0.05) is 44.2 Å². The number of hydrogen-bond donors (Lipinski definition) is 1. The van der Waals surface area contributed by atoms with E-state index < -0.39 is 0 Å². The first-order valence-corrected chi connectivity index (χ1v) is 7.51. The van der Waals surface area contributed by atoms with Gasteiger partial charge in [-0.05, 0) is 49.1 Å². The van der Waals surface area contributed by atoms with Crippen LogP contribution in [-0.4, -0.2) is 19.3 Å². The average Bonchev–Trinajstić information content (AvgIpc) is 2.40. The highest BCUT2D eigenvalue weighted by Gasteiger charge is 2.37. The molecule has 0 aromatic heterocycles. The first kappa shape index (κ1) is 17.5. The third kappa shape index (κ3) is 4.47. The van der Waals surface area contributed by atoms with Gasteiger partial charge in [0.2, 0.25) is 0 Å². The van der Waals surface area contributed by atoms with Crippen LogP contribution in [0.4, 0.5) is 0 Å². The third-order valence-electron chi connectivity index (χ3n) is 4.44. The first-order chi connectivity index (χ1) is 9.15. The molecule has 2 atom stereocenters. The number of hydrogen-bond acceptors (Lipinski definition) is 2. The summed E-state index contributed by atoms with van der Waals surface area (Å²) in [7, 11) is 0. The number of halogens is 1. The molecule has 1 aromatic carbocycles. The van der Waals surface area contributed by atoms with Gasteiger partial charge in [-0.3, -0.25) is 0 Å². The molecule has 1 saturated heterocycles. The minimum Gasteiger partial charge on any atom is -1.00 e. The molecule has 114 valence electrons. The average molecular weight is 297 g/mol. The van der Waals surface area contributed by atoms with Crippen LogP contribution in [0.15, 0.2) is 30.3 Å². The highest BCUT2D eigenvalue weighted by molar-refractivity contribution is 5.17. The van der Waals surface area contributed by atoms with Crippen LogP contribution in [-0.2, 0) is 11.2 Å². The molecule has 2 unspecified atom stereocenters. The Morgan fingerprint density at radius 1 is 1.30 bits per heavy atom. The van der Waals surface area contributed by atoms with Crippen molar-refractivity contribution in [3.8, 4) is 0 Å². The standard InChI is InChI=1S/C17H27NO.ClH/c1-14(2)16-13-17(8-10-18,9-11-19-16)12-15-6-4-3-5-7-15;/h3-7,14,16H,8-13,18H2,1-2H3;1H/p-1. The number of nitrogens with two attached hydrogens (primary N) is 1. The molecule has 2 nitrogen and oxygen atoms in total. The summed E-state index contributed by atoms with van der Waals surface area (Å²) < 4.78 is 5.94. The molecule has 0 radical (unpaired) electrons. The molecule has 0 amide bonds. The smallest absolute Gasteiger partial charge is 0.0603 e. The van der Waals surface area contributed by atoms with E-state index in [-0.39, 0.29) is 12.4 Å². The Balaban J connectivity index is 0.00000200. The van der Waals surface area contributed by atoms with Gasteiger partial charge in [-0.15, -0.1) is 0 Å². The maximum absolute atomic E-state index is 5.94. The fourth-order valence-corrected chi connectivity index (χ4v) is 3.25. The van der Waals surface area contributed by atoms with Crippen molar-refractivity contribution in [2.45, 2.75) is 45.6 Å². The molecule has 1 aromatic rings. The van der Waals surface area contributed by atoms with Crippen LogP contribution >= 0.6 is 0 Å². The molecule has 20 heavy (non-hydrogen) atoms. The van der Waals surface area contributed by atoms with Crippen LogP contribution in [0.2, 0.25) is 0 Å². The molecule has 1 heterocycles. The number of ether oxygens (including phenoxy) is 1. The van der Waals surface area contributed by atoms with E-state index in [0.717, 1.165) is 38.8 Å². The van der Waals surface area contributed by atoms with Crippen molar-refractivity contribution in [1.29, 1.82) is 0 Å². The molecule has 1 fully saturated rings. The molecule has 0 bridgehead atoms. The summed E-state index contributed by atoms with van der Waals surface area (Å²) in [5.74, 6) is 0.591. The van der Waals surface area contributed by atoms with Gasteiger partial charge in [-0.25, -0.2) is 0 Å². The fraction of sp³-hybridized carbons (Fsp3) is 0.647. The van der Waals surface area contributed by atoms with Crippen molar-refractivity contribution in [3.05, 3.63) is 35.9 Å². The number of benzene rings is 1. The predicted molar refractivity (Wildman–Crippen MR) is 80.1 cm³/mol. The van der Waals surface area contributed by atoms with Crippen LogP contribution in [0, 0.1) is 11.3 Å². The van der Waals surface area contributed by atoms with E-state index in [0.29, 0.717) is 17.4 Å². The van der Waals surface area contributed by atoms with Gasteiger partial charge >= 0.3 is 0 Å². The van der Waals surface area contributed by atoms with E-state index in [1.165, 1.54) is 5.56 Å². The molecule has 2 N–H and O–H groups in total. The normalized spacial score (nSPS) is 26.3. The molecular formula is C17H27ClNO-. The Morgan fingerprint density at radius 3 is 2.60 bits per heavy atom. The van der Waals surface area contributed by atoms with Crippen LogP contribution < -0.4 is 18.1 Å². The lowest BCUT2D eigenvalue weighted by atomic mass is 9.69. The van der Waals surface area contributed by atoms with E-state index in [1.807, 2.05) is 0 Å². The Kier molecular flexibility index (Phi) is 7.01. The van der Waals surface area contributed by atoms with Crippen molar-refractivity contribution >= 4 is 0 Å². The van der Waals surface area contributed by atoms with Gasteiger partial charge < -0.3 is 22.9 Å². The van der Waals surface area contributed by atoms with Crippen molar-refractivity contribution in [2.75, 3.05) is 13.2 Å². The van der Waals surface area contributed by atoms with Crippen molar-refractivity contribution in [1.82, 2.24) is 0 Å². The van der Waals surface area contributed by atoms with Gasteiger partial charge in [0, 0.05) is 6.61 Å². The van der Waals surface area contributed by atoms with E-state index in [1.54, 1.807) is 0 Å². The first-order valence-electron chi connectivity index (χ1n) is 7.51. The van der Waals surface area contributed by atoms with Crippen LogP contribution in [0.5, 0.6) is 0 Å². The van der Waals surface area contributed by atoms with Gasteiger partial charge in [0.15, 0.2) is 0 Å². The topological polar surface area (TPSA) is 35.2 Å². The molecule has 1 aliphatic rings. The summed E-state index contributed by atoms with van der Waals surface area (Å²) in [5.41, 5.74) is 7.65. The van der Waals surface area contributed by atoms with E-state index in [9.17, 15) is 0 Å². The molecule has 1 aliphatic heterocycles. The minimum absolute atomic E-state index is 0. The lowest BCUT2D eigenvalue weighted by Gasteiger charge is -2.42. The van der Waals surface area contributed by atoms with Gasteiger partial charge in [-0.2, -0.15) is 0 Å². The maximum Gasteiger partial charge on any atom is 0.0603 e. The second-order valence-corrected chi connectivity index (χ2v) is 6.31. The Labute approximate surface area is 129 Å². The lowest BCUT2D eigenvalue weighted by molar-refractivity contribution is -0.0714. The molecule has 3 heteroatoms. The minimum atomic E-state index is 0. The summed E-state index contributed by atoms with van der Waals surface area (Å²) >= 11 is 0. The van der Waals surface area contributed by atoms with Crippen LogP contribution in [0.3, 0.4) is 0 Å². The zero-order valence-electron chi connectivity index (χ0n) is 12.6. The second kappa shape index (κ2) is 8.02. The summed E-state index contributed by atoms with van der Waals surface area (Å²) in [6.45, 7) is 6.17. The van der Waals surface area contributed by atoms with E-state index in [2.05, 4.69) is 44.2 Å². The highest BCUT2D eigenvalue weighted by Crippen LogP contribution is 2.41. The largest absolute Gasteiger partial charge is 1.00 e. The van der Waals surface area contributed by atoms with Gasteiger partial charge in [0.25, 0.3) is 0 Å². The molecular weight excluding hydrogens is 270 g/mol. The zero-order chi connectivity index (χ0) is 13.7. The van der Waals surface area contributed by atoms with Crippen molar-refractivity contribution < 1.29 is 17.1 Å². The molecule has 2 rings (SSSR count). The third-order valence-corrected chi connectivity index (χ3v) is 4.44. The highest BCUT2D eigenvalue weighted by atomic mass is 35.5. The molecule has 0 saturated carbocycles. The summed E-state index contributed by atoms with van der Waals surface area (Å²) in [5, 5.41) is 0. The van der Waals surface area contributed by atoms with Crippen molar-refractivity contribution in [2.24, 2.45) is 17.1 Å². The maximum atomic E-state index is 5.94. The van der Waals surface area contributed by atoms with E-state index in [4.69, 9.17) is 10.5 Å². The molecule has 0 aliphatic carbocycles. The zero-order valence-corrected chi connectivity index (χ0v) is 13.4. The van der Waals surface area contributed by atoms with Crippen LogP contribution in [0.25, 0.3) is 0 Å². The van der Waals surface area contributed by atoms with Crippen molar-refractivity contribution in [3.63, 3.8) is 0 Å². The molecule has 0 spiro atoms. The lowest BCUT2D eigenvalue weighted by Crippen LogP contribution is -3.00. The summed E-state index contributed by atoms with van der Waals surface area (Å²) in [6.07, 6.45) is 4.93. The Bertz CT molecular complexity index is 378. The SMILES string of the molecule is CC(C)C1CC(CCN)(Cc2ccccc2)CCO1.[Cl-]. The van der Waals surface area contributed by atoms with E-state index >= 15 is 0 Å². The Morgan fingerprint density at radius 2 is 2.00 bits per heavy atom. The summed E-state index contributed by atoms with van der Waals surface area (Å²) in [6, 6.07) is 10.8. The second-order valence-electron chi connectivity index (χ2n) is 6.31. The predicted octanol–water partition coefficient (Wildman–Crippen LogP) is 0.403. The monoisotopic (exact) mass is 296 g/mol.